The fraction of sp³-hybridized carbons (Fsp3) is 0.571. The van der Waals surface area contributed by atoms with Crippen LogP contribution in [0.25, 0.3) is 0 Å². The van der Waals surface area contributed by atoms with Crippen molar-refractivity contribution in [3.8, 4) is 0 Å². The van der Waals surface area contributed by atoms with E-state index in [-0.39, 0.29) is 5.91 Å². The van der Waals surface area contributed by atoms with Gasteiger partial charge in [0, 0.05) is 24.3 Å². The minimum atomic E-state index is 0.224. The van der Waals surface area contributed by atoms with Gasteiger partial charge in [0.05, 0.1) is 0 Å². The smallest absolute Gasteiger partial charge is 0.224 e. The van der Waals surface area contributed by atoms with Crippen molar-refractivity contribution < 1.29 is 4.79 Å². The van der Waals surface area contributed by atoms with Crippen molar-refractivity contribution in [3.05, 3.63) is 12.7 Å². The third-order valence-corrected chi connectivity index (χ3v) is 2.13. The Morgan fingerprint density at radius 1 is 1.90 bits per heavy atom. The number of nitrogens with zero attached hydrogens (tertiary/aromatic N) is 1. The standard InChI is InChI=1S/C7H10BrNO/c1-2-3-9-5-6(8)4-7(9)10/h2,6H,1,3-5H2. The number of carbonyl (C=O) groups excluding carboxylic acids is 1. The van der Waals surface area contributed by atoms with Crippen LogP contribution in [0.5, 0.6) is 0 Å². The van der Waals surface area contributed by atoms with Crippen molar-refractivity contribution in [1.29, 1.82) is 0 Å². The van der Waals surface area contributed by atoms with Crippen LogP contribution in [0.1, 0.15) is 6.42 Å². The molecule has 1 rings (SSSR count). The van der Waals surface area contributed by atoms with Gasteiger partial charge < -0.3 is 4.90 Å². The van der Waals surface area contributed by atoms with Crippen LogP contribution in [0.4, 0.5) is 0 Å². The van der Waals surface area contributed by atoms with Gasteiger partial charge in [0.25, 0.3) is 0 Å². The van der Waals surface area contributed by atoms with Crippen molar-refractivity contribution in [2.45, 2.75) is 11.2 Å². The molecular formula is C7H10BrNO. The molecule has 1 saturated heterocycles. The summed E-state index contributed by atoms with van der Waals surface area (Å²) in [5, 5.41) is 0. The summed E-state index contributed by atoms with van der Waals surface area (Å²) in [6.45, 7) is 5.08. The molecule has 56 valence electrons. The van der Waals surface area contributed by atoms with Crippen molar-refractivity contribution in [3.63, 3.8) is 0 Å². The van der Waals surface area contributed by atoms with E-state index in [0.717, 1.165) is 6.54 Å². The van der Waals surface area contributed by atoms with E-state index in [0.29, 0.717) is 17.8 Å². The van der Waals surface area contributed by atoms with Crippen LogP contribution < -0.4 is 0 Å². The average molecular weight is 204 g/mol. The first-order valence-corrected chi connectivity index (χ1v) is 4.18. The molecule has 3 heteroatoms. The van der Waals surface area contributed by atoms with Crippen LogP contribution in [0, 0.1) is 0 Å². The second-order valence-corrected chi connectivity index (χ2v) is 3.68. The van der Waals surface area contributed by atoms with Gasteiger partial charge in [-0.25, -0.2) is 0 Å². The number of carbonyl (C=O) groups is 1. The molecule has 1 aliphatic heterocycles. The normalized spacial score (nSPS) is 25.5. The Kier molecular flexibility index (Phi) is 2.49. The lowest BCUT2D eigenvalue weighted by Crippen LogP contribution is -2.24. The molecule has 1 fully saturated rings. The molecule has 1 atom stereocenters. The minimum absolute atomic E-state index is 0.224. The van der Waals surface area contributed by atoms with E-state index >= 15 is 0 Å². The third-order valence-electron chi connectivity index (χ3n) is 1.52. The maximum atomic E-state index is 11.0. The Labute approximate surface area is 69.0 Å². The summed E-state index contributed by atoms with van der Waals surface area (Å²) < 4.78 is 0. The molecule has 2 nitrogen and oxygen atoms in total. The molecule has 0 bridgehead atoms. The van der Waals surface area contributed by atoms with Gasteiger partial charge in [-0.1, -0.05) is 22.0 Å². The fourth-order valence-electron chi connectivity index (χ4n) is 1.06. The highest BCUT2D eigenvalue weighted by Crippen LogP contribution is 2.17. The number of amides is 1. The van der Waals surface area contributed by atoms with Crippen molar-refractivity contribution in [1.82, 2.24) is 4.90 Å². The van der Waals surface area contributed by atoms with Crippen molar-refractivity contribution >= 4 is 21.8 Å². The zero-order valence-electron chi connectivity index (χ0n) is 5.72. The lowest BCUT2D eigenvalue weighted by molar-refractivity contribution is -0.127. The summed E-state index contributed by atoms with van der Waals surface area (Å²) in [7, 11) is 0. The Bertz CT molecular complexity index is 158. The maximum absolute atomic E-state index is 11.0. The first-order chi connectivity index (χ1) is 4.74. The van der Waals surface area contributed by atoms with E-state index in [4.69, 9.17) is 0 Å². The predicted octanol–water partition coefficient (Wildman–Crippen LogP) is 1.17. The molecule has 0 radical (unpaired) electrons. The molecule has 0 saturated carbocycles. The van der Waals surface area contributed by atoms with Crippen LogP contribution in [-0.4, -0.2) is 28.7 Å². The van der Waals surface area contributed by atoms with Gasteiger partial charge in [0.1, 0.15) is 0 Å². The molecule has 0 N–H and O–H groups in total. The Morgan fingerprint density at radius 2 is 2.60 bits per heavy atom. The highest BCUT2D eigenvalue weighted by molar-refractivity contribution is 9.09. The van der Waals surface area contributed by atoms with E-state index in [1.54, 1.807) is 11.0 Å². The van der Waals surface area contributed by atoms with E-state index in [1.807, 2.05) is 0 Å². The van der Waals surface area contributed by atoms with Gasteiger partial charge in [-0.15, -0.1) is 6.58 Å². The highest BCUT2D eigenvalue weighted by Gasteiger charge is 2.25. The molecular weight excluding hydrogens is 194 g/mol. The van der Waals surface area contributed by atoms with E-state index in [9.17, 15) is 4.79 Å². The number of hydrogen-bond acceptors (Lipinski definition) is 1. The van der Waals surface area contributed by atoms with Gasteiger partial charge >= 0.3 is 0 Å². The maximum Gasteiger partial charge on any atom is 0.224 e. The van der Waals surface area contributed by atoms with Crippen LogP contribution in [-0.2, 0) is 4.79 Å². The SMILES string of the molecule is C=CCN1CC(Br)CC1=O. The van der Waals surface area contributed by atoms with Crippen LogP contribution in [0.15, 0.2) is 12.7 Å². The quantitative estimate of drug-likeness (QED) is 0.488. The monoisotopic (exact) mass is 203 g/mol. The van der Waals surface area contributed by atoms with Crippen LogP contribution >= 0.6 is 15.9 Å². The number of halogens is 1. The number of alkyl halides is 1. The zero-order valence-corrected chi connectivity index (χ0v) is 7.30. The lowest BCUT2D eigenvalue weighted by atomic mass is 10.4. The van der Waals surface area contributed by atoms with Crippen molar-refractivity contribution in [2.75, 3.05) is 13.1 Å². The summed E-state index contributed by atoms with van der Waals surface area (Å²) in [6.07, 6.45) is 2.39. The molecule has 1 amide bonds. The number of rotatable bonds is 2. The summed E-state index contributed by atoms with van der Waals surface area (Å²) in [4.78, 5) is 13.2. The van der Waals surface area contributed by atoms with Gasteiger partial charge in [-0.05, 0) is 0 Å². The van der Waals surface area contributed by atoms with E-state index in [2.05, 4.69) is 22.5 Å². The molecule has 0 spiro atoms. The molecule has 0 aliphatic carbocycles. The largest absolute Gasteiger partial charge is 0.338 e. The average Bonchev–Trinajstić information content (AvgIpc) is 2.13. The molecule has 0 aromatic rings. The molecule has 10 heavy (non-hydrogen) atoms. The molecule has 1 aliphatic rings. The van der Waals surface area contributed by atoms with Crippen molar-refractivity contribution in [2.24, 2.45) is 0 Å². The fourth-order valence-corrected chi connectivity index (χ4v) is 1.68. The van der Waals surface area contributed by atoms with Gasteiger partial charge in [-0.2, -0.15) is 0 Å². The second-order valence-electron chi connectivity index (χ2n) is 2.39. The molecule has 0 aromatic carbocycles. The summed E-state index contributed by atoms with van der Waals surface area (Å²) in [5.41, 5.74) is 0. The second kappa shape index (κ2) is 3.19. The molecule has 1 heterocycles. The van der Waals surface area contributed by atoms with Gasteiger partial charge in [-0.3, -0.25) is 4.79 Å². The van der Waals surface area contributed by atoms with Gasteiger partial charge in [0.2, 0.25) is 5.91 Å². The zero-order chi connectivity index (χ0) is 7.56. The molecule has 1 unspecified atom stereocenters. The van der Waals surface area contributed by atoms with Crippen LogP contribution in [0.3, 0.4) is 0 Å². The Balaban J connectivity index is 2.46. The Morgan fingerprint density at radius 3 is 3.00 bits per heavy atom. The van der Waals surface area contributed by atoms with Gasteiger partial charge in [0.15, 0.2) is 0 Å². The predicted molar refractivity (Wildman–Crippen MR) is 44.1 cm³/mol. The van der Waals surface area contributed by atoms with Crippen LogP contribution in [0.2, 0.25) is 0 Å². The summed E-state index contributed by atoms with van der Waals surface area (Å²) in [6, 6.07) is 0. The first-order valence-electron chi connectivity index (χ1n) is 3.26. The third kappa shape index (κ3) is 1.59. The number of likely N-dealkylation sites (tertiary alicyclic amines) is 1. The highest BCUT2D eigenvalue weighted by atomic mass is 79.9. The topological polar surface area (TPSA) is 20.3 Å². The van der Waals surface area contributed by atoms with E-state index in [1.165, 1.54) is 0 Å². The number of hydrogen-bond donors (Lipinski definition) is 0. The summed E-state index contributed by atoms with van der Waals surface area (Å²) in [5.74, 6) is 0.224. The Hall–Kier alpha value is -0.310. The minimum Gasteiger partial charge on any atom is -0.338 e. The lowest BCUT2D eigenvalue weighted by Gasteiger charge is -2.11. The summed E-state index contributed by atoms with van der Waals surface area (Å²) >= 11 is 3.39. The van der Waals surface area contributed by atoms with E-state index < -0.39 is 0 Å². The first kappa shape index (κ1) is 7.79. The molecule has 0 aromatic heterocycles.